The van der Waals surface area contributed by atoms with Gasteiger partial charge in [0.25, 0.3) is 0 Å². The molecule has 0 bridgehead atoms. The van der Waals surface area contributed by atoms with Crippen molar-refractivity contribution in [2.75, 3.05) is 32.7 Å². The average molecular weight is 402 g/mol. The Hall–Kier alpha value is -0.870. The molecule has 144 valence electrons. The monoisotopic (exact) mass is 401 g/mol. The van der Waals surface area contributed by atoms with E-state index in [0.29, 0.717) is 25.1 Å². The van der Waals surface area contributed by atoms with Crippen LogP contribution in [0.15, 0.2) is 29.2 Å². The minimum absolute atomic E-state index is 0. The van der Waals surface area contributed by atoms with E-state index in [2.05, 4.69) is 10.0 Å². The smallest absolute Gasteiger partial charge is 0.314 e. The summed E-state index contributed by atoms with van der Waals surface area (Å²) < 4.78 is 67.0. The number of hydrogen-bond acceptors (Lipinski definition) is 4. The number of halogens is 4. The van der Waals surface area contributed by atoms with Crippen LogP contribution in [0.4, 0.5) is 13.2 Å². The highest BCUT2D eigenvalue weighted by Gasteiger charge is 2.44. The lowest BCUT2D eigenvalue weighted by molar-refractivity contribution is -0.182. The maximum Gasteiger partial charge on any atom is 0.405 e. The van der Waals surface area contributed by atoms with E-state index in [1.54, 1.807) is 25.1 Å². The molecule has 1 saturated heterocycles. The topological polar surface area (TPSA) is 61.4 Å². The molecule has 1 aromatic carbocycles. The van der Waals surface area contributed by atoms with Gasteiger partial charge in [-0.3, -0.25) is 4.90 Å². The van der Waals surface area contributed by atoms with Gasteiger partial charge in [-0.05, 0) is 18.1 Å². The van der Waals surface area contributed by atoms with Crippen LogP contribution in [0, 0.1) is 0 Å². The molecule has 0 spiro atoms. The Bertz CT molecular complexity index is 650. The van der Waals surface area contributed by atoms with Crippen LogP contribution in [0.3, 0.4) is 0 Å². The minimum Gasteiger partial charge on any atom is -0.314 e. The number of nitrogens with one attached hydrogen (secondary N) is 2. The molecule has 1 unspecified atom stereocenters. The average Bonchev–Trinajstić information content (AvgIpc) is 2.54. The molecule has 0 saturated carbocycles. The maximum atomic E-state index is 13.3. The summed E-state index contributed by atoms with van der Waals surface area (Å²) in [5.74, 6) is 0. The van der Waals surface area contributed by atoms with Crippen LogP contribution in [-0.2, 0) is 16.4 Å². The molecule has 1 fully saturated rings. The molecule has 0 radical (unpaired) electrons. The fourth-order valence-corrected chi connectivity index (χ4v) is 4.12. The largest absolute Gasteiger partial charge is 0.405 e. The lowest BCUT2D eigenvalue weighted by Crippen LogP contribution is -2.57. The van der Waals surface area contributed by atoms with Crippen molar-refractivity contribution >= 4 is 22.4 Å². The number of aryl methyl sites for hydroxylation is 1. The molecule has 10 heteroatoms. The Kier molecular flexibility index (Phi) is 8.14. The van der Waals surface area contributed by atoms with E-state index in [1.165, 1.54) is 11.0 Å². The van der Waals surface area contributed by atoms with Crippen LogP contribution in [0.1, 0.15) is 12.5 Å². The Labute approximate surface area is 152 Å². The summed E-state index contributed by atoms with van der Waals surface area (Å²) in [5.41, 5.74) is 0.579. The summed E-state index contributed by atoms with van der Waals surface area (Å²) >= 11 is 0. The number of nitrogens with zero attached hydrogens (tertiary/aromatic N) is 1. The summed E-state index contributed by atoms with van der Waals surface area (Å²) in [6.07, 6.45) is -4.01. The van der Waals surface area contributed by atoms with Gasteiger partial charge in [-0.2, -0.15) is 13.2 Å². The van der Waals surface area contributed by atoms with Crippen molar-refractivity contribution in [3.05, 3.63) is 29.8 Å². The zero-order chi connectivity index (χ0) is 17.8. The van der Waals surface area contributed by atoms with E-state index in [4.69, 9.17) is 0 Å². The van der Waals surface area contributed by atoms with Gasteiger partial charge in [0.15, 0.2) is 0 Å². The number of hydrogen-bond donors (Lipinski definition) is 2. The molecular formula is C15H23ClF3N3O2S. The molecule has 0 aliphatic carbocycles. The Balaban J connectivity index is 0.00000312. The van der Waals surface area contributed by atoms with E-state index in [1.807, 2.05) is 0 Å². The van der Waals surface area contributed by atoms with Gasteiger partial charge in [0.2, 0.25) is 10.0 Å². The molecule has 5 nitrogen and oxygen atoms in total. The second-order valence-corrected chi connectivity index (χ2v) is 7.39. The molecule has 2 N–H and O–H groups in total. The molecule has 1 aliphatic rings. The number of piperazine rings is 1. The first-order valence-corrected chi connectivity index (χ1v) is 9.33. The lowest BCUT2D eigenvalue weighted by Gasteiger charge is -2.35. The Morgan fingerprint density at radius 1 is 1.24 bits per heavy atom. The predicted molar refractivity (Wildman–Crippen MR) is 92.5 cm³/mol. The molecule has 1 aliphatic heterocycles. The minimum atomic E-state index is -4.50. The summed E-state index contributed by atoms with van der Waals surface area (Å²) in [7, 11) is -3.99. The SMILES string of the molecule is CCc1ccccc1S(=O)(=O)NCC(N1CCNCC1)C(F)(F)F.Cl. The first-order valence-electron chi connectivity index (χ1n) is 7.84. The van der Waals surface area contributed by atoms with Crippen molar-refractivity contribution in [3.63, 3.8) is 0 Å². The first kappa shape index (κ1) is 22.2. The van der Waals surface area contributed by atoms with Gasteiger partial charge in [-0.25, -0.2) is 13.1 Å². The van der Waals surface area contributed by atoms with Crippen molar-refractivity contribution in [3.8, 4) is 0 Å². The second-order valence-electron chi connectivity index (χ2n) is 5.66. The molecule has 1 atom stereocenters. The van der Waals surface area contributed by atoms with E-state index in [9.17, 15) is 21.6 Å². The first-order chi connectivity index (χ1) is 11.3. The van der Waals surface area contributed by atoms with Gasteiger partial charge in [0.1, 0.15) is 6.04 Å². The molecule has 25 heavy (non-hydrogen) atoms. The fraction of sp³-hybridized carbons (Fsp3) is 0.600. The third-order valence-electron chi connectivity index (χ3n) is 4.08. The van der Waals surface area contributed by atoms with Gasteiger partial charge in [-0.15, -0.1) is 12.4 Å². The number of rotatable bonds is 6. The van der Waals surface area contributed by atoms with Crippen molar-refractivity contribution < 1.29 is 21.6 Å². The highest BCUT2D eigenvalue weighted by atomic mass is 35.5. The molecule has 0 aromatic heterocycles. The summed E-state index contributed by atoms with van der Waals surface area (Å²) in [5, 5.41) is 2.99. The van der Waals surface area contributed by atoms with Crippen LogP contribution in [0.2, 0.25) is 0 Å². The lowest BCUT2D eigenvalue weighted by atomic mass is 10.2. The van der Waals surface area contributed by atoms with Gasteiger partial charge in [0.05, 0.1) is 4.90 Å². The van der Waals surface area contributed by atoms with Crippen LogP contribution in [0.5, 0.6) is 0 Å². The molecule has 2 rings (SSSR count). The number of sulfonamides is 1. The van der Waals surface area contributed by atoms with Crippen LogP contribution in [0.25, 0.3) is 0 Å². The van der Waals surface area contributed by atoms with Crippen LogP contribution >= 0.6 is 12.4 Å². The fourth-order valence-electron chi connectivity index (χ4n) is 2.77. The van der Waals surface area contributed by atoms with Crippen molar-refractivity contribution in [1.29, 1.82) is 0 Å². The molecule has 0 amide bonds. The van der Waals surface area contributed by atoms with Gasteiger partial charge < -0.3 is 5.32 Å². The highest BCUT2D eigenvalue weighted by molar-refractivity contribution is 7.89. The third-order valence-corrected chi connectivity index (χ3v) is 5.60. The van der Waals surface area contributed by atoms with Gasteiger partial charge in [-0.1, -0.05) is 25.1 Å². The van der Waals surface area contributed by atoms with E-state index < -0.39 is 28.8 Å². The van der Waals surface area contributed by atoms with Gasteiger partial charge in [0, 0.05) is 32.7 Å². The van der Waals surface area contributed by atoms with Gasteiger partial charge >= 0.3 is 6.18 Å². The van der Waals surface area contributed by atoms with E-state index >= 15 is 0 Å². The summed E-state index contributed by atoms with van der Waals surface area (Å²) in [6, 6.07) is 4.51. The maximum absolute atomic E-state index is 13.3. The van der Waals surface area contributed by atoms with E-state index in [0.717, 1.165) is 0 Å². The van der Waals surface area contributed by atoms with Crippen molar-refractivity contribution in [1.82, 2.24) is 14.9 Å². The number of benzene rings is 1. The second kappa shape index (κ2) is 9.18. The third kappa shape index (κ3) is 5.82. The van der Waals surface area contributed by atoms with Crippen molar-refractivity contribution in [2.24, 2.45) is 0 Å². The quantitative estimate of drug-likeness (QED) is 0.763. The van der Waals surface area contributed by atoms with Crippen LogP contribution in [-0.4, -0.2) is 58.3 Å². The molecule has 1 heterocycles. The summed E-state index contributed by atoms with van der Waals surface area (Å²) in [4.78, 5) is 1.30. The highest BCUT2D eigenvalue weighted by Crippen LogP contribution is 2.25. The standard InChI is InChI=1S/C15H22F3N3O2S.ClH/c1-2-12-5-3-4-6-13(12)24(22,23)20-11-14(15(16,17)18)21-9-7-19-8-10-21;/h3-6,14,19-20H,2,7-11H2,1H3;1H. The zero-order valence-corrected chi connectivity index (χ0v) is 15.5. The number of alkyl halides is 3. The Morgan fingerprint density at radius 2 is 1.84 bits per heavy atom. The van der Waals surface area contributed by atoms with Crippen LogP contribution < -0.4 is 10.0 Å². The molecular weight excluding hydrogens is 379 g/mol. The molecule has 1 aromatic rings. The predicted octanol–water partition coefficient (Wildman–Crippen LogP) is 1.79. The normalized spacial score (nSPS) is 17.8. The summed E-state index contributed by atoms with van der Waals surface area (Å²) in [6.45, 7) is 2.49. The van der Waals surface area contributed by atoms with Crippen molar-refractivity contribution in [2.45, 2.75) is 30.5 Å². The van der Waals surface area contributed by atoms with E-state index in [-0.39, 0.29) is 30.4 Å². The Morgan fingerprint density at radius 3 is 2.40 bits per heavy atom. The zero-order valence-electron chi connectivity index (χ0n) is 13.8.